The maximum atomic E-state index is 13.7. The second-order valence-electron chi connectivity index (χ2n) is 4.73. The summed E-state index contributed by atoms with van der Waals surface area (Å²) >= 11 is 3.30. The van der Waals surface area contributed by atoms with E-state index < -0.39 is 6.10 Å². The topological polar surface area (TPSA) is 20.2 Å². The van der Waals surface area contributed by atoms with E-state index in [0.29, 0.717) is 12.0 Å². The van der Waals surface area contributed by atoms with Crippen molar-refractivity contribution in [2.45, 2.75) is 25.4 Å². The Balaban J connectivity index is 2.13. The van der Waals surface area contributed by atoms with Crippen molar-refractivity contribution in [3.05, 3.63) is 69.9 Å². The van der Waals surface area contributed by atoms with E-state index in [9.17, 15) is 9.50 Å². The van der Waals surface area contributed by atoms with Crippen molar-refractivity contribution in [2.75, 3.05) is 0 Å². The Bertz CT molecular complexity index is 542. The molecule has 0 spiro atoms. The normalized spacial score (nSPS) is 14.1. The maximum absolute atomic E-state index is 13.7. The highest BCUT2D eigenvalue weighted by Gasteiger charge is 2.17. The lowest BCUT2D eigenvalue weighted by Gasteiger charge is -2.18. The molecule has 2 atom stereocenters. The summed E-state index contributed by atoms with van der Waals surface area (Å²) in [5.41, 5.74) is 1.49. The molecule has 0 amide bonds. The lowest BCUT2D eigenvalue weighted by atomic mass is 9.92. The third-order valence-corrected chi connectivity index (χ3v) is 3.76. The molecule has 2 unspecified atom stereocenters. The van der Waals surface area contributed by atoms with Gasteiger partial charge in [0.2, 0.25) is 0 Å². The molecule has 2 aromatic rings. The van der Waals surface area contributed by atoms with Gasteiger partial charge in [-0.15, -0.1) is 0 Å². The van der Waals surface area contributed by atoms with Gasteiger partial charge in [-0.05, 0) is 36.1 Å². The van der Waals surface area contributed by atoms with Crippen LogP contribution in [0.2, 0.25) is 0 Å². The Morgan fingerprint density at radius 3 is 2.53 bits per heavy atom. The van der Waals surface area contributed by atoms with E-state index in [1.165, 1.54) is 6.07 Å². The molecule has 0 fully saturated rings. The molecule has 0 aliphatic rings. The quantitative estimate of drug-likeness (QED) is 0.856. The second-order valence-corrected chi connectivity index (χ2v) is 5.64. The highest BCUT2D eigenvalue weighted by molar-refractivity contribution is 9.10. The molecule has 0 saturated carbocycles. The number of hydrogen-bond donors (Lipinski definition) is 1. The fourth-order valence-electron chi connectivity index (χ4n) is 2.15. The molecule has 2 aromatic carbocycles. The Morgan fingerprint density at radius 1 is 1.16 bits per heavy atom. The lowest BCUT2D eigenvalue weighted by Crippen LogP contribution is -2.05. The molecular weight excluding hydrogens is 307 g/mol. The van der Waals surface area contributed by atoms with Crippen LogP contribution in [0.25, 0.3) is 0 Å². The van der Waals surface area contributed by atoms with Crippen LogP contribution in [0.3, 0.4) is 0 Å². The Labute approximate surface area is 121 Å². The fourth-order valence-corrected chi connectivity index (χ4v) is 2.53. The molecule has 2 rings (SSSR count). The van der Waals surface area contributed by atoms with Crippen LogP contribution in [0.5, 0.6) is 0 Å². The highest BCUT2D eigenvalue weighted by Crippen LogP contribution is 2.30. The standard InChI is InChI=1S/C16H16BrFO/c1-11(12-5-3-2-4-6-12)9-16(19)14-10-13(17)7-8-15(14)18/h2-8,10-11,16,19H,9H2,1H3. The summed E-state index contributed by atoms with van der Waals surface area (Å²) in [5.74, 6) is -0.189. The zero-order chi connectivity index (χ0) is 13.8. The predicted octanol–water partition coefficient (Wildman–Crippen LogP) is 4.82. The fraction of sp³-hybridized carbons (Fsp3) is 0.250. The van der Waals surface area contributed by atoms with Crippen molar-refractivity contribution in [3.8, 4) is 0 Å². The van der Waals surface area contributed by atoms with Crippen molar-refractivity contribution in [2.24, 2.45) is 0 Å². The minimum absolute atomic E-state index is 0.176. The zero-order valence-electron chi connectivity index (χ0n) is 10.7. The number of rotatable bonds is 4. The average Bonchev–Trinajstić information content (AvgIpc) is 2.42. The number of aliphatic hydroxyl groups is 1. The molecule has 3 heteroatoms. The number of hydrogen-bond acceptors (Lipinski definition) is 1. The van der Waals surface area contributed by atoms with Gasteiger partial charge in [0.15, 0.2) is 0 Å². The van der Waals surface area contributed by atoms with Gasteiger partial charge < -0.3 is 5.11 Å². The summed E-state index contributed by atoms with van der Waals surface area (Å²) in [4.78, 5) is 0. The molecule has 1 N–H and O–H groups in total. The van der Waals surface area contributed by atoms with Crippen LogP contribution in [0.1, 0.15) is 36.5 Å². The highest BCUT2D eigenvalue weighted by atomic mass is 79.9. The first kappa shape index (κ1) is 14.2. The van der Waals surface area contributed by atoms with Gasteiger partial charge in [-0.3, -0.25) is 0 Å². The minimum atomic E-state index is -0.798. The SMILES string of the molecule is CC(CC(O)c1cc(Br)ccc1F)c1ccccc1. The summed E-state index contributed by atoms with van der Waals surface area (Å²) in [7, 11) is 0. The molecule has 0 heterocycles. The molecule has 100 valence electrons. The van der Waals surface area contributed by atoms with Gasteiger partial charge in [0.1, 0.15) is 5.82 Å². The van der Waals surface area contributed by atoms with E-state index in [-0.39, 0.29) is 11.7 Å². The number of benzene rings is 2. The van der Waals surface area contributed by atoms with Gasteiger partial charge in [0.05, 0.1) is 6.10 Å². The molecule has 0 aliphatic carbocycles. The smallest absolute Gasteiger partial charge is 0.129 e. The molecule has 0 aromatic heterocycles. The van der Waals surface area contributed by atoms with Gasteiger partial charge in [-0.2, -0.15) is 0 Å². The first-order chi connectivity index (χ1) is 9.08. The van der Waals surface area contributed by atoms with Crippen LogP contribution in [-0.4, -0.2) is 5.11 Å². The molecule has 0 aliphatic heterocycles. The van der Waals surface area contributed by atoms with E-state index in [1.54, 1.807) is 12.1 Å². The molecule has 0 bridgehead atoms. The van der Waals surface area contributed by atoms with E-state index in [4.69, 9.17) is 0 Å². The van der Waals surface area contributed by atoms with Crippen molar-refractivity contribution in [1.82, 2.24) is 0 Å². The minimum Gasteiger partial charge on any atom is -0.388 e. The predicted molar refractivity (Wildman–Crippen MR) is 78.5 cm³/mol. The van der Waals surface area contributed by atoms with E-state index in [0.717, 1.165) is 10.0 Å². The van der Waals surface area contributed by atoms with Gasteiger partial charge >= 0.3 is 0 Å². The Morgan fingerprint density at radius 2 is 1.84 bits per heavy atom. The van der Waals surface area contributed by atoms with Crippen molar-refractivity contribution < 1.29 is 9.50 Å². The first-order valence-corrected chi connectivity index (χ1v) is 7.05. The largest absolute Gasteiger partial charge is 0.388 e. The molecule has 1 nitrogen and oxygen atoms in total. The third-order valence-electron chi connectivity index (χ3n) is 3.26. The first-order valence-electron chi connectivity index (χ1n) is 6.26. The van der Waals surface area contributed by atoms with Crippen molar-refractivity contribution in [3.63, 3.8) is 0 Å². The van der Waals surface area contributed by atoms with Crippen LogP contribution in [0.15, 0.2) is 53.0 Å². The van der Waals surface area contributed by atoms with Gasteiger partial charge in [0, 0.05) is 10.0 Å². The second kappa shape index (κ2) is 6.31. The van der Waals surface area contributed by atoms with Gasteiger partial charge in [-0.1, -0.05) is 53.2 Å². The average molecular weight is 323 g/mol. The van der Waals surface area contributed by atoms with Crippen LogP contribution < -0.4 is 0 Å². The van der Waals surface area contributed by atoms with Gasteiger partial charge in [0.25, 0.3) is 0 Å². The number of halogens is 2. The summed E-state index contributed by atoms with van der Waals surface area (Å²) in [6.07, 6.45) is -0.301. The van der Waals surface area contributed by atoms with Crippen LogP contribution in [0.4, 0.5) is 4.39 Å². The Hall–Kier alpha value is -1.19. The third kappa shape index (κ3) is 3.64. The van der Waals surface area contributed by atoms with Crippen molar-refractivity contribution in [1.29, 1.82) is 0 Å². The summed E-state index contributed by atoms with van der Waals surface area (Å²) in [6.45, 7) is 2.04. The van der Waals surface area contributed by atoms with E-state index in [2.05, 4.69) is 15.9 Å². The molecule has 0 radical (unpaired) electrons. The molecule has 19 heavy (non-hydrogen) atoms. The van der Waals surface area contributed by atoms with Crippen LogP contribution >= 0.6 is 15.9 Å². The summed E-state index contributed by atoms with van der Waals surface area (Å²) in [6, 6.07) is 14.6. The monoisotopic (exact) mass is 322 g/mol. The molecule has 0 saturated heterocycles. The van der Waals surface area contributed by atoms with E-state index in [1.807, 2.05) is 37.3 Å². The van der Waals surface area contributed by atoms with Gasteiger partial charge in [-0.25, -0.2) is 4.39 Å². The lowest BCUT2D eigenvalue weighted by molar-refractivity contribution is 0.155. The zero-order valence-corrected chi connectivity index (χ0v) is 12.3. The summed E-state index contributed by atoms with van der Waals surface area (Å²) < 4.78 is 14.5. The maximum Gasteiger partial charge on any atom is 0.129 e. The number of aliphatic hydroxyl groups excluding tert-OH is 1. The molecular formula is C16H16BrFO. The van der Waals surface area contributed by atoms with E-state index >= 15 is 0 Å². The summed E-state index contributed by atoms with van der Waals surface area (Å²) in [5, 5.41) is 10.2. The van der Waals surface area contributed by atoms with Crippen LogP contribution in [0, 0.1) is 5.82 Å². The Kier molecular flexibility index (Phi) is 4.72. The van der Waals surface area contributed by atoms with Crippen molar-refractivity contribution >= 4 is 15.9 Å². The van der Waals surface area contributed by atoms with Crippen LogP contribution in [-0.2, 0) is 0 Å².